The first kappa shape index (κ1) is 25.8. The van der Waals surface area contributed by atoms with Gasteiger partial charge in [-0.05, 0) is 81.9 Å². The molecule has 0 saturated heterocycles. The van der Waals surface area contributed by atoms with E-state index in [1.54, 1.807) is 0 Å². The second-order valence-corrected chi connectivity index (χ2v) is 8.94. The molecule has 0 bridgehead atoms. The molecule has 1 rings (SSSR count). The van der Waals surface area contributed by atoms with Crippen molar-refractivity contribution in [3.05, 3.63) is 58.7 Å². The van der Waals surface area contributed by atoms with Crippen molar-refractivity contribution in [2.24, 2.45) is 16.1 Å². The maximum absolute atomic E-state index is 10.6. The number of carboxylic acids is 1. The molecule has 3 N–H and O–H groups in total. The average molecular weight is 413 g/mol. The van der Waals surface area contributed by atoms with Crippen molar-refractivity contribution in [3.63, 3.8) is 0 Å². The molecule has 1 atom stereocenters. The first-order valence-corrected chi connectivity index (χ1v) is 11.0. The molecule has 0 fully saturated rings. The largest absolute Gasteiger partial charge is 0.480 e. The molecule has 0 aromatic carbocycles. The highest BCUT2D eigenvalue weighted by molar-refractivity contribution is 5.73. The van der Waals surface area contributed by atoms with Crippen molar-refractivity contribution < 1.29 is 9.90 Å². The molecule has 1 aliphatic rings. The van der Waals surface area contributed by atoms with Crippen molar-refractivity contribution in [3.8, 4) is 0 Å². The Morgan fingerprint density at radius 3 is 2.57 bits per heavy atom. The second-order valence-electron chi connectivity index (χ2n) is 8.94. The highest BCUT2D eigenvalue weighted by atomic mass is 16.4. The number of nitrogens with zero attached hydrogens (tertiary/aromatic N) is 1. The van der Waals surface area contributed by atoms with Crippen molar-refractivity contribution in [2.75, 3.05) is 6.54 Å². The van der Waals surface area contributed by atoms with Crippen LogP contribution in [0.25, 0.3) is 0 Å². The zero-order valence-corrected chi connectivity index (χ0v) is 19.4. The van der Waals surface area contributed by atoms with Gasteiger partial charge in [-0.1, -0.05) is 55.4 Å². The van der Waals surface area contributed by atoms with Crippen LogP contribution in [-0.4, -0.2) is 29.9 Å². The van der Waals surface area contributed by atoms with Crippen molar-refractivity contribution >= 4 is 12.2 Å². The molecule has 0 heterocycles. The van der Waals surface area contributed by atoms with Crippen molar-refractivity contribution in [1.29, 1.82) is 0 Å². The van der Waals surface area contributed by atoms with E-state index in [-0.39, 0.29) is 5.41 Å². The Morgan fingerprint density at radius 1 is 1.20 bits per heavy atom. The summed E-state index contributed by atoms with van der Waals surface area (Å²) in [5.41, 5.74) is 11.1. The van der Waals surface area contributed by atoms with Gasteiger partial charge in [-0.25, -0.2) is 0 Å². The van der Waals surface area contributed by atoms with E-state index in [1.807, 2.05) is 19.2 Å². The number of hydrogen-bond acceptors (Lipinski definition) is 3. The predicted octanol–water partition coefficient (Wildman–Crippen LogP) is 6.17. The van der Waals surface area contributed by atoms with Crippen molar-refractivity contribution in [2.45, 2.75) is 79.2 Å². The lowest BCUT2D eigenvalue weighted by Gasteiger charge is -2.32. The lowest BCUT2D eigenvalue weighted by molar-refractivity contribution is -0.138. The number of allylic oxidation sites excluding steroid dienone is 10. The molecule has 0 aromatic heterocycles. The zero-order chi connectivity index (χ0) is 22.6. The highest BCUT2D eigenvalue weighted by Crippen LogP contribution is 2.40. The third-order valence-corrected chi connectivity index (χ3v) is 5.59. The highest BCUT2D eigenvalue weighted by Gasteiger charge is 2.26. The van der Waals surface area contributed by atoms with Crippen LogP contribution in [0.4, 0.5) is 0 Å². The van der Waals surface area contributed by atoms with Gasteiger partial charge in [-0.2, -0.15) is 0 Å². The monoisotopic (exact) mass is 412 g/mol. The third kappa shape index (κ3) is 10.0. The van der Waals surface area contributed by atoms with E-state index in [1.165, 1.54) is 36.0 Å². The Kier molecular flexibility index (Phi) is 11.3. The minimum absolute atomic E-state index is 0.274. The van der Waals surface area contributed by atoms with Gasteiger partial charge in [-0.15, -0.1) is 0 Å². The number of hydrogen-bond donors (Lipinski definition) is 2. The van der Waals surface area contributed by atoms with Gasteiger partial charge in [0.1, 0.15) is 6.04 Å². The summed E-state index contributed by atoms with van der Waals surface area (Å²) in [5.74, 6) is -0.936. The second kappa shape index (κ2) is 13.2. The number of unbranched alkanes of at least 4 members (excludes halogenated alkanes) is 1. The van der Waals surface area contributed by atoms with Gasteiger partial charge < -0.3 is 10.8 Å². The molecule has 0 amide bonds. The molecule has 0 saturated carbocycles. The Labute approximate surface area is 183 Å². The number of nitrogens with two attached hydrogens (primary N) is 1. The minimum Gasteiger partial charge on any atom is -0.480 e. The first-order chi connectivity index (χ1) is 14.1. The average Bonchev–Trinajstić information content (AvgIpc) is 2.66. The summed E-state index contributed by atoms with van der Waals surface area (Å²) in [7, 11) is 0. The summed E-state index contributed by atoms with van der Waals surface area (Å²) in [6.07, 6.45) is 20.5. The molecule has 0 spiro atoms. The fourth-order valence-corrected chi connectivity index (χ4v) is 3.62. The quantitative estimate of drug-likeness (QED) is 0.242. The summed E-state index contributed by atoms with van der Waals surface area (Å²) in [5, 5.41) is 8.73. The van der Waals surface area contributed by atoms with Gasteiger partial charge in [0.25, 0.3) is 0 Å². The molecular weight excluding hydrogens is 372 g/mol. The van der Waals surface area contributed by atoms with Crippen LogP contribution in [0.5, 0.6) is 0 Å². The number of rotatable bonds is 11. The molecule has 4 heteroatoms. The van der Waals surface area contributed by atoms with E-state index in [2.05, 4.69) is 63.1 Å². The SMILES string of the molecule is CC1=C(/C=C/C(C)=C/C=C/C(C)=C/C=NCCCC[C@H](N)C(=O)O)C(C)(C)CCC1. The normalized spacial score (nSPS) is 19.4. The number of aliphatic imine (C=N–C) groups is 1. The van der Waals surface area contributed by atoms with Gasteiger partial charge in [0.15, 0.2) is 0 Å². The van der Waals surface area contributed by atoms with E-state index in [9.17, 15) is 4.79 Å². The van der Waals surface area contributed by atoms with Crippen LogP contribution in [0.2, 0.25) is 0 Å². The van der Waals surface area contributed by atoms with Gasteiger partial charge >= 0.3 is 5.97 Å². The Bertz CT molecular complexity index is 749. The van der Waals surface area contributed by atoms with Crippen LogP contribution < -0.4 is 5.73 Å². The van der Waals surface area contributed by atoms with Crippen LogP contribution in [0.1, 0.15) is 73.1 Å². The van der Waals surface area contributed by atoms with E-state index < -0.39 is 12.0 Å². The zero-order valence-electron chi connectivity index (χ0n) is 19.4. The molecule has 1 aliphatic carbocycles. The summed E-state index contributed by atoms with van der Waals surface area (Å²) in [6.45, 7) is 11.8. The third-order valence-electron chi connectivity index (χ3n) is 5.59. The Balaban J connectivity index is 2.45. The van der Waals surface area contributed by atoms with Gasteiger partial charge in [0, 0.05) is 12.8 Å². The van der Waals surface area contributed by atoms with Crippen LogP contribution >= 0.6 is 0 Å². The lowest BCUT2D eigenvalue weighted by Crippen LogP contribution is -2.29. The Hall–Kier alpha value is -2.20. The van der Waals surface area contributed by atoms with E-state index in [4.69, 9.17) is 10.8 Å². The van der Waals surface area contributed by atoms with Crippen LogP contribution in [0.3, 0.4) is 0 Å². The summed E-state index contributed by atoms with van der Waals surface area (Å²) in [4.78, 5) is 15.0. The summed E-state index contributed by atoms with van der Waals surface area (Å²) >= 11 is 0. The number of carboxylic acid groups (broad SMARTS) is 1. The molecule has 0 radical (unpaired) electrons. The van der Waals surface area contributed by atoms with Crippen LogP contribution in [0.15, 0.2) is 63.7 Å². The lowest BCUT2D eigenvalue weighted by atomic mass is 9.72. The Morgan fingerprint density at radius 2 is 1.90 bits per heavy atom. The topological polar surface area (TPSA) is 75.7 Å². The molecule has 166 valence electrons. The summed E-state index contributed by atoms with van der Waals surface area (Å²) < 4.78 is 0. The van der Waals surface area contributed by atoms with Gasteiger partial charge in [0.2, 0.25) is 0 Å². The summed E-state index contributed by atoms with van der Waals surface area (Å²) in [6, 6.07) is -0.762. The molecule has 4 nitrogen and oxygen atoms in total. The standard InChI is InChI=1S/C26H40N2O2/c1-20(14-15-23-22(3)12-9-17-26(23,4)5)10-8-11-21(2)16-19-28-18-7-6-13-24(27)25(29)30/h8,10-11,14-16,19,24H,6-7,9,12-13,17-18,27H2,1-5H3,(H,29,30)/b11-8+,15-14+,20-10+,21-16+,28-19?/t24-/m0/s1. The van der Waals surface area contributed by atoms with E-state index in [0.29, 0.717) is 13.0 Å². The smallest absolute Gasteiger partial charge is 0.320 e. The number of aliphatic carboxylic acids is 1. The molecule has 0 aliphatic heterocycles. The van der Waals surface area contributed by atoms with E-state index in [0.717, 1.165) is 18.4 Å². The fraction of sp³-hybridized carbons (Fsp3) is 0.538. The predicted molar refractivity (Wildman–Crippen MR) is 129 cm³/mol. The van der Waals surface area contributed by atoms with Crippen LogP contribution in [-0.2, 0) is 4.79 Å². The maximum atomic E-state index is 10.6. The van der Waals surface area contributed by atoms with Gasteiger partial charge in [-0.3, -0.25) is 9.79 Å². The van der Waals surface area contributed by atoms with Gasteiger partial charge in [0.05, 0.1) is 0 Å². The maximum Gasteiger partial charge on any atom is 0.320 e. The number of carbonyl (C=O) groups is 1. The minimum atomic E-state index is -0.936. The molecule has 0 aromatic rings. The molecular formula is C26H40N2O2. The first-order valence-electron chi connectivity index (χ1n) is 11.0. The molecule has 30 heavy (non-hydrogen) atoms. The van der Waals surface area contributed by atoms with E-state index >= 15 is 0 Å². The van der Waals surface area contributed by atoms with Crippen LogP contribution in [0, 0.1) is 5.41 Å². The molecule has 0 unspecified atom stereocenters. The fourth-order valence-electron chi connectivity index (χ4n) is 3.62. The van der Waals surface area contributed by atoms with Crippen molar-refractivity contribution in [1.82, 2.24) is 0 Å².